The lowest BCUT2D eigenvalue weighted by atomic mass is 10.0. The van der Waals surface area contributed by atoms with E-state index in [1.807, 2.05) is 26.0 Å². The van der Waals surface area contributed by atoms with Crippen molar-refractivity contribution in [3.63, 3.8) is 0 Å². The number of para-hydroxylation sites is 1. The minimum atomic E-state index is -3.80. The monoisotopic (exact) mass is 541 g/mol. The highest BCUT2D eigenvalue weighted by Gasteiger charge is 2.32. The molecule has 2 aromatic rings. The highest BCUT2D eigenvalue weighted by atomic mass is 35.5. The maximum Gasteiger partial charge on any atom is 0.244 e. The molecule has 2 amide bonds. The Morgan fingerprint density at radius 2 is 1.69 bits per heavy atom. The fourth-order valence-corrected chi connectivity index (χ4v) is 5.03. The van der Waals surface area contributed by atoms with Gasteiger partial charge in [0.25, 0.3) is 0 Å². The fraction of sp³-hybridized carbons (Fsp3) is 0.440. The van der Waals surface area contributed by atoms with Crippen LogP contribution in [0.4, 0.5) is 5.69 Å². The van der Waals surface area contributed by atoms with Gasteiger partial charge < -0.3 is 10.2 Å². The Hall–Kier alpha value is -2.29. The molecule has 0 fully saturated rings. The molecule has 1 N–H and O–H groups in total. The van der Waals surface area contributed by atoms with E-state index in [-0.39, 0.29) is 18.4 Å². The van der Waals surface area contributed by atoms with E-state index in [9.17, 15) is 18.0 Å². The van der Waals surface area contributed by atoms with Gasteiger partial charge in [-0.2, -0.15) is 0 Å². The van der Waals surface area contributed by atoms with Crippen LogP contribution in [0.15, 0.2) is 42.5 Å². The summed E-state index contributed by atoms with van der Waals surface area (Å²) in [7, 11) is -3.80. The second kappa shape index (κ2) is 12.6. The SMILES string of the molecule is CCNC(=O)[C@H](CC)N(Cc1ccc(Cl)c(Cl)c1)C(=O)CN(c1ccccc1C(C)C)S(C)(=O)=O. The summed E-state index contributed by atoms with van der Waals surface area (Å²) < 4.78 is 26.8. The zero-order valence-corrected chi connectivity index (χ0v) is 23.0. The lowest BCUT2D eigenvalue weighted by molar-refractivity contribution is -0.140. The number of halogens is 2. The third-order valence-electron chi connectivity index (χ3n) is 5.58. The van der Waals surface area contributed by atoms with Gasteiger partial charge in [-0.05, 0) is 48.6 Å². The summed E-state index contributed by atoms with van der Waals surface area (Å²) in [4.78, 5) is 27.9. The van der Waals surface area contributed by atoms with Crippen molar-refractivity contribution in [2.45, 2.75) is 52.6 Å². The van der Waals surface area contributed by atoms with Gasteiger partial charge in [0.1, 0.15) is 12.6 Å². The first-order valence-corrected chi connectivity index (χ1v) is 14.1. The number of amides is 2. The van der Waals surface area contributed by atoms with E-state index in [0.29, 0.717) is 34.3 Å². The molecule has 0 aromatic heterocycles. The van der Waals surface area contributed by atoms with Gasteiger partial charge in [-0.15, -0.1) is 0 Å². The van der Waals surface area contributed by atoms with Gasteiger partial charge in [0.2, 0.25) is 21.8 Å². The molecular formula is C25H33Cl2N3O4S. The number of carbonyl (C=O) groups is 2. The molecule has 0 aliphatic rings. The van der Waals surface area contributed by atoms with Crippen molar-refractivity contribution < 1.29 is 18.0 Å². The van der Waals surface area contributed by atoms with Crippen molar-refractivity contribution in [1.29, 1.82) is 0 Å². The quantitative estimate of drug-likeness (QED) is 0.441. The van der Waals surface area contributed by atoms with Crippen molar-refractivity contribution in [3.8, 4) is 0 Å². The van der Waals surface area contributed by atoms with Crippen LogP contribution in [0.2, 0.25) is 10.0 Å². The van der Waals surface area contributed by atoms with Crippen molar-refractivity contribution in [1.82, 2.24) is 10.2 Å². The second-order valence-corrected chi connectivity index (χ2v) is 11.3. The van der Waals surface area contributed by atoms with E-state index in [0.717, 1.165) is 16.1 Å². The molecule has 10 heteroatoms. The third-order valence-corrected chi connectivity index (χ3v) is 7.45. The summed E-state index contributed by atoms with van der Waals surface area (Å²) >= 11 is 12.2. The zero-order valence-electron chi connectivity index (χ0n) is 20.7. The van der Waals surface area contributed by atoms with E-state index >= 15 is 0 Å². The van der Waals surface area contributed by atoms with Crippen LogP contribution in [0, 0.1) is 0 Å². The van der Waals surface area contributed by atoms with Gasteiger partial charge in [0.15, 0.2) is 0 Å². The van der Waals surface area contributed by atoms with Crippen LogP contribution in [0.3, 0.4) is 0 Å². The number of anilines is 1. The number of nitrogens with zero attached hydrogens (tertiary/aromatic N) is 2. The topological polar surface area (TPSA) is 86.8 Å². The number of benzene rings is 2. The van der Waals surface area contributed by atoms with Gasteiger partial charge in [-0.3, -0.25) is 13.9 Å². The Labute approximate surface area is 218 Å². The first-order valence-electron chi connectivity index (χ1n) is 11.5. The Balaban J connectivity index is 2.52. The Kier molecular flexibility index (Phi) is 10.4. The Morgan fingerprint density at radius 1 is 1.03 bits per heavy atom. The highest BCUT2D eigenvalue weighted by Crippen LogP contribution is 2.29. The maximum absolute atomic E-state index is 13.7. The van der Waals surface area contributed by atoms with Gasteiger partial charge in [-0.1, -0.05) is 68.2 Å². The van der Waals surface area contributed by atoms with Crippen LogP contribution >= 0.6 is 23.2 Å². The van der Waals surface area contributed by atoms with Crippen LogP contribution in [0.5, 0.6) is 0 Å². The molecule has 0 bridgehead atoms. The predicted molar refractivity (Wildman–Crippen MR) is 142 cm³/mol. The van der Waals surface area contributed by atoms with E-state index < -0.39 is 28.5 Å². The van der Waals surface area contributed by atoms with Crippen molar-refractivity contribution in [3.05, 3.63) is 63.6 Å². The molecule has 0 heterocycles. The van der Waals surface area contributed by atoms with E-state index in [1.54, 1.807) is 44.2 Å². The summed E-state index contributed by atoms with van der Waals surface area (Å²) in [6.07, 6.45) is 1.42. The number of carbonyl (C=O) groups excluding carboxylic acids is 2. The first kappa shape index (κ1) is 28.9. The molecule has 2 aromatic carbocycles. The lowest BCUT2D eigenvalue weighted by Gasteiger charge is -2.33. The second-order valence-electron chi connectivity index (χ2n) is 8.57. The number of sulfonamides is 1. The molecule has 1 atom stereocenters. The van der Waals surface area contributed by atoms with Crippen LogP contribution < -0.4 is 9.62 Å². The summed E-state index contributed by atoms with van der Waals surface area (Å²) in [6, 6.07) is 11.3. The average Bonchev–Trinajstić information content (AvgIpc) is 2.79. The molecule has 0 saturated heterocycles. The molecule has 0 aliphatic carbocycles. The number of likely N-dealkylation sites (N-methyl/N-ethyl adjacent to an activating group) is 1. The molecule has 0 unspecified atom stereocenters. The summed E-state index contributed by atoms with van der Waals surface area (Å²) in [5.41, 5.74) is 1.92. The molecule has 0 saturated carbocycles. The molecule has 7 nitrogen and oxygen atoms in total. The van der Waals surface area contributed by atoms with Gasteiger partial charge in [0.05, 0.1) is 22.0 Å². The van der Waals surface area contributed by atoms with Crippen molar-refractivity contribution >= 4 is 50.7 Å². The van der Waals surface area contributed by atoms with Crippen LogP contribution in [0.1, 0.15) is 51.2 Å². The number of nitrogens with one attached hydrogen (secondary N) is 1. The highest BCUT2D eigenvalue weighted by molar-refractivity contribution is 7.92. The predicted octanol–water partition coefficient (Wildman–Crippen LogP) is 4.83. The molecular weight excluding hydrogens is 509 g/mol. The molecule has 2 rings (SSSR count). The minimum absolute atomic E-state index is 0.0385. The lowest BCUT2D eigenvalue weighted by Crippen LogP contribution is -2.52. The molecule has 0 spiro atoms. The number of hydrogen-bond acceptors (Lipinski definition) is 4. The molecule has 35 heavy (non-hydrogen) atoms. The van der Waals surface area contributed by atoms with Gasteiger partial charge in [-0.25, -0.2) is 8.42 Å². The Morgan fingerprint density at radius 3 is 2.23 bits per heavy atom. The molecule has 0 aliphatic heterocycles. The normalized spacial score (nSPS) is 12.3. The van der Waals surface area contributed by atoms with Crippen LogP contribution in [-0.2, 0) is 26.2 Å². The summed E-state index contributed by atoms with van der Waals surface area (Å²) in [5, 5.41) is 3.46. The minimum Gasteiger partial charge on any atom is -0.355 e. The van der Waals surface area contributed by atoms with Crippen molar-refractivity contribution in [2.24, 2.45) is 0 Å². The Bertz CT molecular complexity index is 1160. The van der Waals surface area contributed by atoms with Crippen LogP contribution in [-0.4, -0.2) is 50.5 Å². The standard InChI is InChI=1S/C25H33Cl2N3O4S/c1-6-22(25(32)28-7-2)29(15-18-12-13-20(26)21(27)14-18)24(31)16-30(35(5,33)34)23-11-9-8-10-19(23)17(3)4/h8-14,17,22H,6-7,15-16H2,1-5H3,(H,28,32)/t22-/m0/s1. The first-order chi connectivity index (χ1) is 16.4. The van der Waals surface area contributed by atoms with Gasteiger partial charge >= 0.3 is 0 Å². The van der Waals surface area contributed by atoms with Crippen molar-refractivity contribution in [2.75, 3.05) is 23.7 Å². The average molecular weight is 543 g/mol. The molecule has 0 radical (unpaired) electrons. The number of rotatable bonds is 11. The van der Waals surface area contributed by atoms with E-state index in [4.69, 9.17) is 23.2 Å². The third kappa shape index (κ3) is 7.59. The van der Waals surface area contributed by atoms with E-state index in [1.165, 1.54) is 4.90 Å². The smallest absolute Gasteiger partial charge is 0.244 e. The number of hydrogen-bond donors (Lipinski definition) is 1. The van der Waals surface area contributed by atoms with Crippen LogP contribution in [0.25, 0.3) is 0 Å². The van der Waals surface area contributed by atoms with E-state index in [2.05, 4.69) is 5.32 Å². The molecule has 192 valence electrons. The zero-order chi connectivity index (χ0) is 26.3. The fourth-order valence-electron chi connectivity index (χ4n) is 3.84. The maximum atomic E-state index is 13.7. The van der Waals surface area contributed by atoms with Gasteiger partial charge in [0, 0.05) is 13.1 Å². The summed E-state index contributed by atoms with van der Waals surface area (Å²) in [5.74, 6) is -0.772. The summed E-state index contributed by atoms with van der Waals surface area (Å²) in [6.45, 7) is 7.54. The largest absolute Gasteiger partial charge is 0.355 e.